The van der Waals surface area contributed by atoms with Gasteiger partial charge in [0.15, 0.2) is 0 Å². The van der Waals surface area contributed by atoms with E-state index in [1.165, 1.54) is 167 Å². The van der Waals surface area contributed by atoms with Crippen LogP contribution in [0, 0.1) is 0 Å². The number of aliphatic hydroxyl groups excluding tert-OH is 2. The SMILES string of the molecule is CCCCCCCCCCC/C=C\CCCCCCC(O)C(=O)NC(CS(=O)(=O)O)C(O)/C=C/CCCCCCCCCCCCCCCCCCCC. The van der Waals surface area contributed by atoms with Crippen LogP contribution in [-0.2, 0) is 14.9 Å². The van der Waals surface area contributed by atoms with Gasteiger partial charge in [-0.15, -0.1) is 0 Å². The molecule has 0 heterocycles. The van der Waals surface area contributed by atoms with Crippen LogP contribution in [0.3, 0.4) is 0 Å². The lowest BCUT2D eigenvalue weighted by molar-refractivity contribution is -0.130. The van der Waals surface area contributed by atoms with E-state index in [1.54, 1.807) is 0 Å². The fourth-order valence-corrected chi connectivity index (χ4v) is 7.89. The molecule has 7 nitrogen and oxygen atoms in total. The molecule has 0 bridgehead atoms. The number of aliphatic hydroxyl groups is 2. The van der Waals surface area contributed by atoms with E-state index in [9.17, 15) is 28.0 Å². The Kier molecular flexibility index (Phi) is 39.1. The maximum atomic E-state index is 12.6. The number of hydrogen-bond donors (Lipinski definition) is 4. The number of allylic oxidation sites excluding steroid dienone is 3. The van der Waals surface area contributed by atoms with Gasteiger partial charge < -0.3 is 15.5 Å². The number of nitrogens with one attached hydrogen (secondary N) is 1. The Morgan fingerprint density at radius 1 is 0.500 bits per heavy atom. The van der Waals surface area contributed by atoms with E-state index in [0.717, 1.165) is 51.4 Å². The van der Waals surface area contributed by atoms with Gasteiger partial charge in [-0.25, -0.2) is 0 Å². The molecule has 4 N–H and O–H groups in total. The first-order valence-electron chi connectivity index (χ1n) is 23.1. The van der Waals surface area contributed by atoms with Gasteiger partial charge in [-0.05, 0) is 44.9 Å². The van der Waals surface area contributed by atoms with Crippen molar-refractivity contribution in [1.29, 1.82) is 0 Å². The molecule has 0 aliphatic heterocycles. The average molecular weight is 784 g/mol. The highest BCUT2D eigenvalue weighted by Crippen LogP contribution is 2.16. The zero-order chi connectivity index (χ0) is 39.8. The first-order valence-corrected chi connectivity index (χ1v) is 24.8. The smallest absolute Gasteiger partial charge is 0.267 e. The van der Waals surface area contributed by atoms with E-state index in [2.05, 4.69) is 31.3 Å². The van der Waals surface area contributed by atoms with Gasteiger partial charge in [0.05, 0.1) is 17.9 Å². The molecule has 0 aromatic heterocycles. The molecule has 0 aliphatic rings. The lowest BCUT2D eigenvalue weighted by atomic mass is 10.0. The van der Waals surface area contributed by atoms with Gasteiger partial charge >= 0.3 is 0 Å². The van der Waals surface area contributed by atoms with Crippen molar-refractivity contribution in [2.24, 2.45) is 0 Å². The molecule has 3 unspecified atom stereocenters. The third-order valence-electron chi connectivity index (χ3n) is 10.7. The summed E-state index contributed by atoms with van der Waals surface area (Å²) in [6.07, 6.45) is 48.1. The average Bonchev–Trinajstić information content (AvgIpc) is 3.14. The highest BCUT2D eigenvalue weighted by molar-refractivity contribution is 7.85. The topological polar surface area (TPSA) is 124 Å². The van der Waals surface area contributed by atoms with Crippen molar-refractivity contribution in [3.63, 3.8) is 0 Å². The van der Waals surface area contributed by atoms with Crippen molar-refractivity contribution in [1.82, 2.24) is 5.32 Å². The molecule has 0 saturated carbocycles. The number of carbonyl (C=O) groups is 1. The van der Waals surface area contributed by atoms with E-state index >= 15 is 0 Å². The summed E-state index contributed by atoms with van der Waals surface area (Å²) < 4.78 is 32.6. The molecule has 320 valence electrons. The summed E-state index contributed by atoms with van der Waals surface area (Å²) in [7, 11) is -4.45. The molecule has 0 aromatic rings. The summed E-state index contributed by atoms with van der Waals surface area (Å²) in [5.74, 6) is -1.54. The molecule has 0 rings (SSSR count). The maximum Gasteiger partial charge on any atom is 0.267 e. The third-order valence-corrected chi connectivity index (χ3v) is 11.5. The Hall–Kier alpha value is -1.22. The van der Waals surface area contributed by atoms with Gasteiger partial charge in [0.25, 0.3) is 10.1 Å². The minimum Gasteiger partial charge on any atom is -0.387 e. The molecule has 0 spiro atoms. The number of hydrogen-bond acceptors (Lipinski definition) is 5. The lowest BCUT2D eigenvalue weighted by Gasteiger charge is -2.22. The molecular weight excluding hydrogens is 695 g/mol. The van der Waals surface area contributed by atoms with Crippen LogP contribution < -0.4 is 5.32 Å². The van der Waals surface area contributed by atoms with Crippen LogP contribution in [0.25, 0.3) is 0 Å². The summed E-state index contributed by atoms with van der Waals surface area (Å²) >= 11 is 0. The number of carbonyl (C=O) groups excluding carboxylic acids is 1. The second-order valence-corrected chi connectivity index (χ2v) is 17.7. The molecule has 0 saturated heterocycles. The first kappa shape index (κ1) is 52.8. The maximum absolute atomic E-state index is 12.6. The summed E-state index contributed by atoms with van der Waals surface area (Å²) in [4.78, 5) is 12.6. The molecule has 0 aliphatic carbocycles. The fraction of sp³-hybridized carbons (Fsp3) is 0.891. The quantitative estimate of drug-likeness (QED) is 0.0278. The Morgan fingerprint density at radius 3 is 1.17 bits per heavy atom. The molecular formula is C46H89NO6S. The molecule has 0 aromatic carbocycles. The third kappa shape index (κ3) is 39.0. The van der Waals surface area contributed by atoms with Crippen molar-refractivity contribution in [2.45, 2.75) is 257 Å². The zero-order valence-corrected chi connectivity index (χ0v) is 36.3. The van der Waals surface area contributed by atoms with Crippen LogP contribution in [0.2, 0.25) is 0 Å². The van der Waals surface area contributed by atoms with Gasteiger partial charge in [-0.3, -0.25) is 9.35 Å². The van der Waals surface area contributed by atoms with Gasteiger partial charge in [0.1, 0.15) is 6.10 Å². The number of rotatable bonds is 42. The fourth-order valence-electron chi connectivity index (χ4n) is 7.16. The Labute approximate surface area is 335 Å². The van der Waals surface area contributed by atoms with Crippen molar-refractivity contribution in [3.8, 4) is 0 Å². The van der Waals surface area contributed by atoms with Crippen LogP contribution in [0.1, 0.15) is 239 Å². The van der Waals surface area contributed by atoms with Gasteiger partial charge in [-0.2, -0.15) is 8.42 Å². The van der Waals surface area contributed by atoms with Crippen LogP contribution in [-0.4, -0.2) is 53.1 Å². The van der Waals surface area contributed by atoms with E-state index < -0.39 is 40.0 Å². The van der Waals surface area contributed by atoms with Crippen LogP contribution in [0.15, 0.2) is 24.3 Å². The van der Waals surface area contributed by atoms with Crippen molar-refractivity contribution < 1.29 is 28.0 Å². The minimum absolute atomic E-state index is 0.268. The van der Waals surface area contributed by atoms with Crippen molar-refractivity contribution >= 4 is 16.0 Å². The summed E-state index contributed by atoms with van der Waals surface area (Å²) in [5.41, 5.74) is 0. The number of amides is 1. The normalized spacial score (nSPS) is 13.9. The molecule has 8 heteroatoms. The van der Waals surface area contributed by atoms with Crippen LogP contribution in [0.4, 0.5) is 0 Å². The molecule has 0 fully saturated rings. The Morgan fingerprint density at radius 2 is 0.815 bits per heavy atom. The van der Waals surface area contributed by atoms with E-state index in [0.29, 0.717) is 6.42 Å². The highest BCUT2D eigenvalue weighted by atomic mass is 32.2. The Bertz CT molecular complexity index is 968. The minimum atomic E-state index is -4.45. The van der Waals surface area contributed by atoms with E-state index in [4.69, 9.17) is 0 Å². The van der Waals surface area contributed by atoms with E-state index in [-0.39, 0.29) is 6.42 Å². The summed E-state index contributed by atoms with van der Waals surface area (Å²) in [5, 5.41) is 23.5. The van der Waals surface area contributed by atoms with Gasteiger partial charge in [-0.1, -0.05) is 218 Å². The van der Waals surface area contributed by atoms with Gasteiger partial charge in [0, 0.05) is 0 Å². The molecule has 54 heavy (non-hydrogen) atoms. The van der Waals surface area contributed by atoms with Crippen LogP contribution >= 0.6 is 0 Å². The molecule has 3 atom stereocenters. The first-order chi connectivity index (χ1) is 26.2. The monoisotopic (exact) mass is 784 g/mol. The summed E-state index contributed by atoms with van der Waals surface area (Å²) in [6, 6.07) is -1.24. The van der Waals surface area contributed by atoms with Crippen molar-refractivity contribution in [2.75, 3.05) is 5.75 Å². The second-order valence-electron chi connectivity index (χ2n) is 16.2. The highest BCUT2D eigenvalue weighted by Gasteiger charge is 2.27. The standard InChI is InChI=1S/C46H89NO6S/c1-3-5-7-9-11-13-15-17-19-21-22-23-25-26-28-30-32-34-36-38-40-44(48)43(42-54(51,52)53)47-46(50)45(49)41-39-37-35-33-31-29-27-24-20-18-16-14-12-10-8-6-4-2/h27,29,38,40,43-45,48-49H,3-26,28,30-37,39,41-42H2,1-2H3,(H,47,50)(H,51,52,53)/b29-27-,40-38+. The zero-order valence-electron chi connectivity index (χ0n) is 35.5. The summed E-state index contributed by atoms with van der Waals surface area (Å²) in [6.45, 7) is 4.53. The predicted octanol–water partition coefficient (Wildman–Crippen LogP) is 12.9. The van der Waals surface area contributed by atoms with E-state index in [1.807, 2.05) is 6.08 Å². The largest absolute Gasteiger partial charge is 0.387 e. The Balaban J connectivity index is 3.97. The second kappa shape index (κ2) is 40.0. The van der Waals surface area contributed by atoms with Crippen molar-refractivity contribution in [3.05, 3.63) is 24.3 Å². The van der Waals surface area contributed by atoms with Crippen LogP contribution in [0.5, 0.6) is 0 Å². The lowest BCUT2D eigenvalue weighted by Crippen LogP contribution is -2.50. The number of unbranched alkanes of at least 4 members (excludes halogenated alkanes) is 31. The molecule has 1 amide bonds. The predicted molar refractivity (Wildman–Crippen MR) is 232 cm³/mol. The van der Waals surface area contributed by atoms with Gasteiger partial charge in [0.2, 0.25) is 5.91 Å². The molecule has 0 radical (unpaired) electrons.